The fourth-order valence-electron chi connectivity index (χ4n) is 2.67. The minimum atomic E-state index is 0.104. The molecule has 2 aromatic rings. The maximum Gasteiger partial charge on any atom is 0.166 e. The summed E-state index contributed by atoms with van der Waals surface area (Å²) in [4.78, 5) is 12.4. The van der Waals surface area contributed by atoms with E-state index < -0.39 is 0 Å². The molecule has 0 radical (unpaired) electrons. The molecule has 0 amide bonds. The average molecular weight is 282 g/mol. The Morgan fingerprint density at radius 3 is 1.95 bits per heavy atom. The van der Waals surface area contributed by atoms with E-state index in [9.17, 15) is 4.79 Å². The summed E-state index contributed by atoms with van der Waals surface area (Å²) in [5.74, 6) is 2.28. The summed E-state index contributed by atoms with van der Waals surface area (Å²) in [7, 11) is 3.28. The van der Waals surface area contributed by atoms with E-state index in [-0.39, 0.29) is 11.7 Å². The second-order valence-electron chi connectivity index (χ2n) is 5.31. The molecule has 2 atom stereocenters. The van der Waals surface area contributed by atoms with Crippen LogP contribution >= 0.6 is 0 Å². The fourth-order valence-corrected chi connectivity index (χ4v) is 2.67. The predicted molar refractivity (Wildman–Crippen MR) is 81.2 cm³/mol. The smallest absolute Gasteiger partial charge is 0.166 e. The second-order valence-corrected chi connectivity index (χ2v) is 5.31. The Morgan fingerprint density at radius 1 is 0.905 bits per heavy atom. The van der Waals surface area contributed by atoms with Crippen molar-refractivity contribution in [1.82, 2.24) is 0 Å². The molecule has 0 spiro atoms. The van der Waals surface area contributed by atoms with Crippen molar-refractivity contribution >= 4 is 5.78 Å². The van der Waals surface area contributed by atoms with Gasteiger partial charge in [0.1, 0.15) is 11.5 Å². The molecule has 3 nitrogen and oxygen atoms in total. The van der Waals surface area contributed by atoms with Crippen molar-refractivity contribution in [2.45, 2.75) is 12.3 Å². The molecule has 108 valence electrons. The lowest BCUT2D eigenvalue weighted by molar-refractivity contribution is 0.0965. The minimum Gasteiger partial charge on any atom is -0.497 e. The Bertz CT molecular complexity index is 629. The van der Waals surface area contributed by atoms with Gasteiger partial charge in [-0.05, 0) is 54.3 Å². The molecule has 2 aromatic carbocycles. The topological polar surface area (TPSA) is 35.5 Å². The van der Waals surface area contributed by atoms with E-state index in [4.69, 9.17) is 9.47 Å². The molecule has 0 heterocycles. The van der Waals surface area contributed by atoms with Gasteiger partial charge in [0.05, 0.1) is 14.2 Å². The Hall–Kier alpha value is -2.29. The van der Waals surface area contributed by atoms with Gasteiger partial charge in [0.2, 0.25) is 0 Å². The van der Waals surface area contributed by atoms with Gasteiger partial charge in [-0.25, -0.2) is 0 Å². The first-order valence-corrected chi connectivity index (χ1v) is 7.05. The van der Waals surface area contributed by atoms with Crippen LogP contribution in [0, 0.1) is 5.92 Å². The van der Waals surface area contributed by atoms with Crippen LogP contribution in [-0.4, -0.2) is 20.0 Å². The second kappa shape index (κ2) is 5.60. The zero-order valence-electron chi connectivity index (χ0n) is 12.2. The molecule has 0 N–H and O–H groups in total. The molecule has 1 fully saturated rings. The number of ketones is 1. The van der Waals surface area contributed by atoms with Gasteiger partial charge in [-0.3, -0.25) is 4.79 Å². The third kappa shape index (κ3) is 2.77. The van der Waals surface area contributed by atoms with Crippen LogP contribution in [0.5, 0.6) is 11.5 Å². The third-order valence-corrected chi connectivity index (χ3v) is 4.05. The molecule has 0 aliphatic heterocycles. The number of hydrogen-bond acceptors (Lipinski definition) is 3. The van der Waals surface area contributed by atoms with Crippen molar-refractivity contribution in [2.24, 2.45) is 5.92 Å². The molecular formula is C18H18O3. The standard InChI is InChI=1S/C18H18O3/c1-20-14-7-3-12(4-8-14)16-11-17(16)18(19)13-5-9-15(21-2)10-6-13/h3-10,16-17H,11H2,1-2H3. The lowest BCUT2D eigenvalue weighted by Crippen LogP contribution is -2.03. The van der Waals surface area contributed by atoms with Crippen LogP contribution in [0.3, 0.4) is 0 Å². The minimum absolute atomic E-state index is 0.104. The van der Waals surface area contributed by atoms with E-state index in [2.05, 4.69) is 0 Å². The number of methoxy groups -OCH3 is 2. The maximum absolute atomic E-state index is 12.4. The van der Waals surface area contributed by atoms with Gasteiger partial charge in [-0.2, -0.15) is 0 Å². The van der Waals surface area contributed by atoms with E-state index in [0.717, 1.165) is 23.5 Å². The maximum atomic E-state index is 12.4. The summed E-state index contributed by atoms with van der Waals surface area (Å²) in [5, 5.41) is 0. The van der Waals surface area contributed by atoms with Gasteiger partial charge >= 0.3 is 0 Å². The Balaban J connectivity index is 1.69. The van der Waals surface area contributed by atoms with Crippen LogP contribution in [0.4, 0.5) is 0 Å². The fraction of sp³-hybridized carbons (Fsp3) is 0.278. The monoisotopic (exact) mass is 282 g/mol. The van der Waals surface area contributed by atoms with Gasteiger partial charge in [0, 0.05) is 11.5 Å². The quantitative estimate of drug-likeness (QED) is 0.785. The molecule has 1 aliphatic rings. The van der Waals surface area contributed by atoms with Crippen molar-refractivity contribution in [3.63, 3.8) is 0 Å². The predicted octanol–water partition coefficient (Wildman–Crippen LogP) is 3.69. The first-order chi connectivity index (χ1) is 10.2. The molecule has 0 aromatic heterocycles. The molecular weight excluding hydrogens is 264 g/mol. The van der Waals surface area contributed by atoms with Crippen LogP contribution in [0.25, 0.3) is 0 Å². The molecule has 3 rings (SSSR count). The van der Waals surface area contributed by atoms with Crippen LogP contribution < -0.4 is 9.47 Å². The van der Waals surface area contributed by atoms with Crippen molar-refractivity contribution in [3.8, 4) is 11.5 Å². The lowest BCUT2D eigenvalue weighted by Gasteiger charge is -2.04. The van der Waals surface area contributed by atoms with Crippen molar-refractivity contribution in [2.75, 3.05) is 14.2 Å². The SMILES string of the molecule is COc1ccc(C(=O)C2CC2c2ccc(OC)cc2)cc1. The summed E-state index contributed by atoms with van der Waals surface area (Å²) < 4.78 is 10.3. The number of Topliss-reactive ketones (excluding diaryl/α,β-unsaturated/α-hetero) is 1. The Kier molecular flexibility index (Phi) is 3.65. The van der Waals surface area contributed by atoms with E-state index in [1.54, 1.807) is 14.2 Å². The van der Waals surface area contributed by atoms with Gasteiger partial charge in [-0.1, -0.05) is 12.1 Å². The number of hydrogen-bond donors (Lipinski definition) is 0. The molecule has 1 saturated carbocycles. The number of rotatable bonds is 5. The number of carbonyl (C=O) groups is 1. The molecule has 0 saturated heterocycles. The van der Waals surface area contributed by atoms with E-state index >= 15 is 0 Å². The highest BCUT2D eigenvalue weighted by Gasteiger charge is 2.43. The highest BCUT2D eigenvalue weighted by atomic mass is 16.5. The first-order valence-electron chi connectivity index (χ1n) is 7.05. The first kappa shape index (κ1) is 13.7. The van der Waals surface area contributed by atoms with Crippen molar-refractivity contribution in [3.05, 3.63) is 59.7 Å². The normalized spacial score (nSPS) is 19.9. The van der Waals surface area contributed by atoms with E-state index in [0.29, 0.717) is 5.92 Å². The summed E-state index contributed by atoms with van der Waals surface area (Å²) in [6.07, 6.45) is 0.928. The number of ether oxygens (including phenoxy) is 2. The highest BCUT2D eigenvalue weighted by molar-refractivity contribution is 6.00. The van der Waals surface area contributed by atoms with Crippen LogP contribution in [0.2, 0.25) is 0 Å². The van der Waals surface area contributed by atoms with E-state index in [1.807, 2.05) is 48.5 Å². The summed E-state index contributed by atoms with van der Waals surface area (Å²) in [6.45, 7) is 0. The van der Waals surface area contributed by atoms with Crippen LogP contribution in [-0.2, 0) is 0 Å². The molecule has 0 bridgehead atoms. The Morgan fingerprint density at radius 2 is 1.43 bits per heavy atom. The van der Waals surface area contributed by atoms with Crippen LogP contribution in [0.15, 0.2) is 48.5 Å². The third-order valence-electron chi connectivity index (χ3n) is 4.05. The largest absolute Gasteiger partial charge is 0.497 e. The summed E-state index contributed by atoms with van der Waals surface area (Å²) in [6, 6.07) is 15.3. The van der Waals surface area contributed by atoms with Crippen LogP contribution in [0.1, 0.15) is 28.3 Å². The summed E-state index contributed by atoms with van der Waals surface area (Å²) in [5.41, 5.74) is 1.97. The summed E-state index contributed by atoms with van der Waals surface area (Å²) >= 11 is 0. The average Bonchev–Trinajstić information content (AvgIpc) is 3.35. The van der Waals surface area contributed by atoms with Gasteiger partial charge in [0.25, 0.3) is 0 Å². The molecule has 21 heavy (non-hydrogen) atoms. The number of carbonyl (C=O) groups excluding carboxylic acids is 1. The molecule has 1 aliphatic carbocycles. The Labute approximate surface area is 124 Å². The van der Waals surface area contributed by atoms with Gasteiger partial charge in [0.15, 0.2) is 5.78 Å². The van der Waals surface area contributed by atoms with Gasteiger partial charge in [-0.15, -0.1) is 0 Å². The van der Waals surface area contributed by atoms with Gasteiger partial charge < -0.3 is 9.47 Å². The van der Waals surface area contributed by atoms with E-state index in [1.165, 1.54) is 5.56 Å². The highest BCUT2D eigenvalue weighted by Crippen LogP contribution is 2.49. The zero-order valence-corrected chi connectivity index (χ0v) is 12.2. The molecule has 2 unspecified atom stereocenters. The zero-order chi connectivity index (χ0) is 14.8. The lowest BCUT2D eigenvalue weighted by atomic mass is 10.0. The van der Waals surface area contributed by atoms with Crippen molar-refractivity contribution < 1.29 is 14.3 Å². The number of benzene rings is 2. The molecule has 3 heteroatoms. The van der Waals surface area contributed by atoms with Crippen molar-refractivity contribution in [1.29, 1.82) is 0 Å².